The van der Waals surface area contributed by atoms with Crippen LogP contribution in [0.25, 0.3) is 0 Å². The largest absolute Gasteiger partial charge is 0.394 e. The average molecular weight is 210 g/mol. The number of hydrogen-bond donors (Lipinski definition) is 2. The van der Waals surface area contributed by atoms with Crippen molar-refractivity contribution in [2.24, 2.45) is 7.05 Å². The predicted molar refractivity (Wildman–Crippen MR) is 56.1 cm³/mol. The molecule has 1 aliphatic carbocycles. The van der Waals surface area contributed by atoms with Crippen molar-refractivity contribution in [2.75, 3.05) is 6.61 Å². The Morgan fingerprint density at radius 2 is 2.27 bits per heavy atom. The lowest BCUT2D eigenvalue weighted by Crippen LogP contribution is -2.45. The molecule has 1 heterocycles. The first-order valence-electron chi connectivity index (χ1n) is 5.44. The highest BCUT2D eigenvalue weighted by atomic mass is 16.3. The fourth-order valence-electron chi connectivity index (χ4n) is 2.18. The molecule has 1 saturated carbocycles. The van der Waals surface area contributed by atoms with Gasteiger partial charge in [0.05, 0.1) is 13.2 Å². The van der Waals surface area contributed by atoms with Crippen LogP contribution < -0.4 is 5.32 Å². The lowest BCUT2D eigenvalue weighted by Gasteiger charge is -2.27. The molecule has 0 bridgehead atoms. The number of aliphatic hydroxyl groups is 1. The molecule has 0 spiro atoms. The maximum Gasteiger partial charge on any atom is 0.146 e. The van der Waals surface area contributed by atoms with Crippen molar-refractivity contribution in [2.45, 2.75) is 37.8 Å². The van der Waals surface area contributed by atoms with Gasteiger partial charge in [0.25, 0.3) is 0 Å². The Bertz CT molecular complexity index is 317. The van der Waals surface area contributed by atoms with Crippen LogP contribution in [0.3, 0.4) is 0 Å². The normalized spacial score (nSPS) is 19.6. The molecule has 84 valence electrons. The molecule has 0 aliphatic heterocycles. The van der Waals surface area contributed by atoms with Crippen LogP contribution in [-0.2, 0) is 13.6 Å². The minimum Gasteiger partial charge on any atom is -0.394 e. The molecule has 0 unspecified atom stereocenters. The molecule has 5 nitrogen and oxygen atoms in total. The molecule has 1 aliphatic rings. The van der Waals surface area contributed by atoms with E-state index in [4.69, 9.17) is 0 Å². The maximum absolute atomic E-state index is 9.41. The zero-order valence-electron chi connectivity index (χ0n) is 9.11. The fraction of sp³-hybridized carbons (Fsp3) is 0.800. The number of aliphatic hydroxyl groups excluding tert-OH is 1. The van der Waals surface area contributed by atoms with Gasteiger partial charge in [0.1, 0.15) is 12.2 Å². The predicted octanol–water partition coefficient (Wildman–Crippen LogP) is 0.210. The summed E-state index contributed by atoms with van der Waals surface area (Å²) in [7, 11) is 1.93. The molecular formula is C10H18N4O. The van der Waals surface area contributed by atoms with Crippen molar-refractivity contribution in [3.05, 3.63) is 12.2 Å². The molecule has 0 amide bonds. The SMILES string of the molecule is Cn1cnnc1CNC1(CO)CCCC1. The number of aromatic nitrogens is 3. The van der Waals surface area contributed by atoms with Gasteiger partial charge in [0.15, 0.2) is 0 Å². The molecule has 0 aromatic carbocycles. The van der Waals surface area contributed by atoms with Crippen LogP contribution in [0, 0.1) is 0 Å². The lowest BCUT2D eigenvalue weighted by molar-refractivity contribution is 0.161. The van der Waals surface area contributed by atoms with Gasteiger partial charge in [-0.15, -0.1) is 10.2 Å². The third-order valence-electron chi connectivity index (χ3n) is 3.29. The van der Waals surface area contributed by atoms with E-state index >= 15 is 0 Å². The quantitative estimate of drug-likeness (QED) is 0.745. The smallest absolute Gasteiger partial charge is 0.146 e. The zero-order valence-corrected chi connectivity index (χ0v) is 9.11. The highest BCUT2D eigenvalue weighted by molar-refractivity contribution is 4.94. The summed E-state index contributed by atoms with van der Waals surface area (Å²) in [6.07, 6.45) is 6.21. The van der Waals surface area contributed by atoms with Crippen molar-refractivity contribution in [3.63, 3.8) is 0 Å². The van der Waals surface area contributed by atoms with Gasteiger partial charge in [-0.2, -0.15) is 0 Å². The third-order valence-corrected chi connectivity index (χ3v) is 3.29. The summed E-state index contributed by atoms with van der Waals surface area (Å²) in [5.74, 6) is 0.912. The Morgan fingerprint density at radius 3 is 2.80 bits per heavy atom. The van der Waals surface area contributed by atoms with Crippen molar-refractivity contribution in [1.29, 1.82) is 0 Å². The summed E-state index contributed by atoms with van der Waals surface area (Å²) < 4.78 is 1.90. The molecule has 15 heavy (non-hydrogen) atoms. The van der Waals surface area contributed by atoms with Gasteiger partial charge < -0.3 is 15.0 Å². The monoisotopic (exact) mass is 210 g/mol. The van der Waals surface area contributed by atoms with Crippen molar-refractivity contribution in [1.82, 2.24) is 20.1 Å². The van der Waals surface area contributed by atoms with Crippen molar-refractivity contribution >= 4 is 0 Å². The Hall–Kier alpha value is -0.940. The number of hydrogen-bond acceptors (Lipinski definition) is 4. The van der Waals surface area contributed by atoms with E-state index in [-0.39, 0.29) is 12.1 Å². The summed E-state index contributed by atoms with van der Waals surface area (Å²) in [5, 5.41) is 20.7. The van der Waals surface area contributed by atoms with Crippen LogP contribution in [0.1, 0.15) is 31.5 Å². The van der Waals surface area contributed by atoms with Gasteiger partial charge in [0.2, 0.25) is 0 Å². The molecule has 2 rings (SSSR count). The Kier molecular flexibility index (Phi) is 3.02. The minimum absolute atomic E-state index is 0.0774. The summed E-state index contributed by atoms with van der Waals surface area (Å²) in [6, 6.07) is 0. The van der Waals surface area contributed by atoms with Crippen LogP contribution in [0.5, 0.6) is 0 Å². The Labute approximate surface area is 89.5 Å². The van der Waals surface area contributed by atoms with Crippen molar-refractivity contribution < 1.29 is 5.11 Å². The number of rotatable bonds is 4. The first-order chi connectivity index (χ1) is 7.26. The molecule has 1 fully saturated rings. The molecule has 1 aromatic heterocycles. The molecule has 2 N–H and O–H groups in total. The lowest BCUT2D eigenvalue weighted by atomic mass is 9.99. The van der Waals surface area contributed by atoms with Crippen LogP contribution in [0.4, 0.5) is 0 Å². The van der Waals surface area contributed by atoms with Gasteiger partial charge >= 0.3 is 0 Å². The minimum atomic E-state index is -0.0774. The fourth-order valence-corrected chi connectivity index (χ4v) is 2.18. The Balaban J connectivity index is 1.94. The van der Waals surface area contributed by atoms with Crippen LogP contribution in [-0.4, -0.2) is 32.0 Å². The molecule has 5 heteroatoms. The van der Waals surface area contributed by atoms with E-state index in [1.54, 1.807) is 6.33 Å². The number of nitrogens with one attached hydrogen (secondary N) is 1. The Morgan fingerprint density at radius 1 is 1.53 bits per heavy atom. The van der Waals surface area contributed by atoms with E-state index in [2.05, 4.69) is 15.5 Å². The molecular weight excluding hydrogens is 192 g/mol. The van der Waals surface area contributed by atoms with Gasteiger partial charge in [-0.05, 0) is 12.8 Å². The average Bonchev–Trinajstić information content (AvgIpc) is 2.85. The summed E-state index contributed by atoms with van der Waals surface area (Å²) >= 11 is 0. The highest BCUT2D eigenvalue weighted by Gasteiger charge is 2.32. The van der Waals surface area contributed by atoms with Gasteiger partial charge in [-0.3, -0.25) is 0 Å². The standard InChI is InChI=1S/C10H18N4O/c1-14-8-12-13-9(14)6-11-10(7-15)4-2-3-5-10/h8,11,15H,2-7H2,1H3. The van der Waals surface area contributed by atoms with E-state index in [9.17, 15) is 5.11 Å². The summed E-state index contributed by atoms with van der Waals surface area (Å²) in [6.45, 7) is 0.891. The first-order valence-corrected chi connectivity index (χ1v) is 5.44. The zero-order chi connectivity index (χ0) is 10.7. The van der Waals surface area contributed by atoms with Crippen LogP contribution in [0.2, 0.25) is 0 Å². The highest BCUT2D eigenvalue weighted by Crippen LogP contribution is 2.29. The second-order valence-electron chi connectivity index (χ2n) is 4.36. The van der Waals surface area contributed by atoms with Gasteiger partial charge in [0, 0.05) is 12.6 Å². The summed E-state index contributed by atoms with van der Waals surface area (Å²) in [4.78, 5) is 0. The molecule has 0 atom stereocenters. The summed E-state index contributed by atoms with van der Waals surface area (Å²) in [5.41, 5.74) is -0.0774. The van der Waals surface area contributed by atoms with E-state index in [1.807, 2.05) is 11.6 Å². The maximum atomic E-state index is 9.41. The second-order valence-corrected chi connectivity index (χ2v) is 4.36. The third kappa shape index (κ3) is 2.18. The van der Waals surface area contributed by atoms with Gasteiger partial charge in [-0.1, -0.05) is 12.8 Å². The van der Waals surface area contributed by atoms with Crippen LogP contribution >= 0.6 is 0 Å². The van der Waals surface area contributed by atoms with E-state index in [0.29, 0.717) is 6.54 Å². The van der Waals surface area contributed by atoms with Crippen molar-refractivity contribution in [3.8, 4) is 0 Å². The topological polar surface area (TPSA) is 63.0 Å². The van der Waals surface area contributed by atoms with E-state index in [0.717, 1.165) is 18.7 Å². The molecule has 0 radical (unpaired) electrons. The van der Waals surface area contributed by atoms with E-state index < -0.39 is 0 Å². The number of nitrogens with zero attached hydrogens (tertiary/aromatic N) is 3. The van der Waals surface area contributed by atoms with Crippen LogP contribution in [0.15, 0.2) is 6.33 Å². The first kappa shape index (κ1) is 10.6. The number of aryl methyl sites for hydroxylation is 1. The molecule has 1 aromatic rings. The second kappa shape index (κ2) is 4.28. The molecule has 0 saturated heterocycles. The van der Waals surface area contributed by atoms with E-state index in [1.165, 1.54) is 12.8 Å². The van der Waals surface area contributed by atoms with Gasteiger partial charge in [-0.25, -0.2) is 0 Å².